The molecule has 2 aromatic rings. The molecule has 0 unspecified atom stereocenters. The second-order valence-corrected chi connectivity index (χ2v) is 5.39. The molecule has 0 radical (unpaired) electrons. The topological polar surface area (TPSA) is 92.2 Å². The molecule has 2 heterocycles. The van der Waals surface area contributed by atoms with Gasteiger partial charge in [0, 0.05) is 31.8 Å². The minimum Gasteiger partial charge on any atom is -0.397 e. The smallest absolute Gasteiger partial charge is 0.266 e. The van der Waals surface area contributed by atoms with Crippen LogP contribution in [0.25, 0.3) is 10.2 Å². The van der Waals surface area contributed by atoms with Crippen LogP contribution in [-0.4, -0.2) is 42.6 Å². The predicted octanol–water partition coefficient (Wildman–Crippen LogP) is 1.88. The molecule has 0 saturated carbocycles. The Morgan fingerprint density at radius 2 is 2.38 bits per heavy atom. The third-order valence-electron chi connectivity index (χ3n) is 3.04. The summed E-state index contributed by atoms with van der Waals surface area (Å²) in [5, 5.41) is 9.50. The van der Waals surface area contributed by atoms with Crippen LogP contribution in [0.1, 0.15) is 16.1 Å². The second kappa shape index (κ2) is 7.02. The van der Waals surface area contributed by atoms with E-state index in [2.05, 4.69) is 4.98 Å². The zero-order valence-corrected chi connectivity index (χ0v) is 12.5. The number of ether oxygens (including phenoxy) is 1. The number of carbonyl (C=O) groups is 1. The van der Waals surface area contributed by atoms with Gasteiger partial charge in [-0.15, -0.1) is 11.3 Å². The van der Waals surface area contributed by atoms with Crippen molar-refractivity contribution in [2.45, 2.75) is 6.42 Å². The lowest BCUT2D eigenvalue weighted by atomic mass is 10.2. The number of methoxy groups -OCH3 is 1. The van der Waals surface area contributed by atoms with Gasteiger partial charge >= 0.3 is 0 Å². The van der Waals surface area contributed by atoms with Gasteiger partial charge in [0.1, 0.15) is 9.71 Å². The summed E-state index contributed by atoms with van der Waals surface area (Å²) in [4.78, 5) is 19.6. The number of pyridine rings is 1. The average Bonchev–Trinajstić information content (AvgIpc) is 2.84. The predicted molar refractivity (Wildman–Crippen MR) is 82.0 cm³/mol. The Morgan fingerprint density at radius 3 is 3.05 bits per heavy atom. The molecule has 0 aromatic carbocycles. The number of thiophene rings is 1. The van der Waals surface area contributed by atoms with Crippen molar-refractivity contribution in [2.75, 3.05) is 32.5 Å². The number of amides is 1. The highest BCUT2D eigenvalue weighted by atomic mass is 32.1. The van der Waals surface area contributed by atoms with Gasteiger partial charge < -0.3 is 15.4 Å². The summed E-state index contributed by atoms with van der Waals surface area (Å²) >= 11 is 1.28. The highest BCUT2D eigenvalue weighted by molar-refractivity contribution is 7.21. The average molecular weight is 304 g/mol. The van der Waals surface area contributed by atoms with E-state index in [4.69, 9.17) is 15.7 Å². The lowest BCUT2D eigenvalue weighted by Gasteiger charge is -2.20. The van der Waals surface area contributed by atoms with Crippen molar-refractivity contribution in [1.29, 1.82) is 5.26 Å². The summed E-state index contributed by atoms with van der Waals surface area (Å²) in [6.45, 7) is 1.21. The quantitative estimate of drug-likeness (QED) is 0.879. The van der Waals surface area contributed by atoms with Gasteiger partial charge in [-0.05, 0) is 12.1 Å². The SMILES string of the molecule is COCCN(CCC#N)C(=O)c1sc2ncccc2c1N. The van der Waals surface area contributed by atoms with Gasteiger partial charge in [-0.25, -0.2) is 4.98 Å². The Bertz CT molecular complexity index is 677. The minimum atomic E-state index is -0.178. The van der Waals surface area contributed by atoms with Crippen molar-refractivity contribution in [3.8, 4) is 6.07 Å². The van der Waals surface area contributed by atoms with Crippen LogP contribution in [0, 0.1) is 11.3 Å². The third-order valence-corrected chi connectivity index (χ3v) is 4.16. The van der Waals surface area contributed by atoms with E-state index in [0.717, 1.165) is 10.2 Å². The van der Waals surface area contributed by atoms with E-state index in [1.54, 1.807) is 24.3 Å². The van der Waals surface area contributed by atoms with Crippen LogP contribution >= 0.6 is 11.3 Å². The van der Waals surface area contributed by atoms with E-state index in [9.17, 15) is 4.79 Å². The van der Waals surface area contributed by atoms with Gasteiger partial charge in [-0.2, -0.15) is 5.26 Å². The first kappa shape index (κ1) is 15.2. The molecule has 0 saturated heterocycles. The van der Waals surface area contributed by atoms with E-state index >= 15 is 0 Å². The van der Waals surface area contributed by atoms with Crippen LogP contribution in [-0.2, 0) is 4.74 Å². The first-order chi connectivity index (χ1) is 10.2. The van der Waals surface area contributed by atoms with Gasteiger partial charge in [-0.3, -0.25) is 4.79 Å². The molecule has 2 rings (SSSR count). The monoisotopic (exact) mass is 304 g/mol. The number of nitrogen functional groups attached to an aromatic ring is 1. The number of fused-ring (bicyclic) bond motifs is 1. The normalized spacial score (nSPS) is 10.5. The largest absolute Gasteiger partial charge is 0.397 e. The zero-order chi connectivity index (χ0) is 15.2. The number of anilines is 1. The van der Waals surface area contributed by atoms with Crippen molar-refractivity contribution in [1.82, 2.24) is 9.88 Å². The molecule has 21 heavy (non-hydrogen) atoms. The molecule has 0 bridgehead atoms. The number of rotatable bonds is 6. The van der Waals surface area contributed by atoms with E-state index in [1.165, 1.54) is 11.3 Å². The summed E-state index contributed by atoms with van der Waals surface area (Å²) in [6.07, 6.45) is 1.95. The molecule has 7 heteroatoms. The zero-order valence-electron chi connectivity index (χ0n) is 11.7. The van der Waals surface area contributed by atoms with Gasteiger partial charge in [0.2, 0.25) is 0 Å². The summed E-state index contributed by atoms with van der Waals surface area (Å²) in [6, 6.07) is 5.68. The molecular formula is C14H16N4O2S. The number of hydrogen-bond acceptors (Lipinski definition) is 6. The van der Waals surface area contributed by atoms with Crippen molar-refractivity contribution in [2.24, 2.45) is 0 Å². The van der Waals surface area contributed by atoms with Crippen LogP contribution in [0.15, 0.2) is 18.3 Å². The summed E-state index contributed by atoms with van der Waals surface area (Å²) in [5.41, 5.74) is 6.51. The fraction of sp³-hybridized carbons (Fsp3) is 0.357. The molecule has 110 valence electrons. The number of nitrogens with zero attached hydrogens (tertiary/aromatic N) is 3. The van der Waals surface area contributed by atoms with Crippen molar-refractivity contribution < 1.29 is 9.53 Å². The molecule has 0 aliphatic rings. The first-order valence-corrected chi connectivity index (χ1v) is 7.28. The molecule has 1 amide bonds. The molecular weight excluding hydrogens is 288 g/mol. The minimum absolute atomic E-state index is 0.178. The Hall–Kier alpha value is -2.17. The maximum atomic E-state index is 12.6. The summed E-state index contributed by atoms with van der Waals surface area (Å²) in [7, 11) is 1.57. The maximum absolute atomic E-state index is 12.6. The molecule has 0 aliphatic heterocycles. The van der Waals surface area contributed by atoms with Crippen molar-refractivity contribution >= 4 is 33.1 Å². The fourth-order valence-electron chi connectivity index (χ4n) is 1.95. The van der Waals surface area contributed by atoms with Gasteiger partial charge in [0.05, 0.1) is 24.8 Å². The Kier molecular flexibility index (Phi) is 5.09. The van der Waals surface area contributed by atoms with Crippen LogP contribution in [0.2, 0.25) is 0 Å². The number of carbonyl (C=O) groups excluding carboxylic acids is 1. The molecule has 0 atom stereocenters. The van der Waals surface area contributed by atoms with Crippen LogP contribution in [0.4, 0.5) is 5.69 Å². The standard InChI is InChI=1S/C14H16N4O2S/c1-20-9-8-18(7-3-5-15)14(19)12-11(16)10-4-2-6-17-13(10)21-12/h2,4,6H,3,7-9,16H2,1H3. The Balaban J connectivity index is 2.29. The van der Waals surface area contributed by atoms with E-state index in [1.807, 2.05) is 12.1 Å². The number of hydrogen-bond donors (Lipinski definition) is 1. The number of nitrogens with two attached hydrogens (primary N) is 1. The second-order valence-electron chi connectivity index (χ2n) is 4.39. The first-order valence-electron chi connectivity index (χ1n) is 6.47. The Morgan fingerprint density at radius 1 is 1.57 bits per heavy atom. The molecule has 0 aliphatic carbocycles. The van der Waals surface area contributed by atoms with Crippen LogP contribution < -0.4 is 5.73 Å². The van der Waals surface area contributed by atoms with E-state index in [-0.39, 0.29) is 12.3 Å². The maximum Gasteiger partial charge on any atom is 0.266 e. The van der Waals surface area contributed by atoms with Crippen molar-refractivity contribution in [3.05, 3.63) is 23.2 Å². The third kappa shape index (κ3) is 3.29. The molecule has 2 aromatic heterocycles. The molecule has 0 fully saturated rings. The number of nitriles is 1. The van der Waals surface area contributed by atoms with E-state index in [0.29, 0.717) is 30.3 Å². The van der Waals surface area contributed by atoms with E-state index < -0.39 is 0 Å². The summed E-state index contributed by atoms with van der Waals surface area (Å²) in [5.74, 6) is -0.178. The van der Waals surface area contributed by atoms with Crippen molar-refractivity contribution in [3.63, 3.8) is 0 Å². The van der Waals surface area contributed by atoms with Gasteiger partial charge in [0.15, 0.2) is 0 Å². The highest BCUT2D eigenvalue weighted by Crippen LogP contribution is 2.32. The van der Waals surface area contributed by atoms with Crippen LogP contribution in [0.3, 0.4) is 0 Å². The highest BCUT2D eigenvalue weighted by Gasteiger charge is 2.22. The van der Waals surface area contributed by atoms with Gasteiger partial charge in [0.25, 0.3) is 5.91 Å². The summed E-state index contributed by atoms with van der Waals surface area (Å²) < 4.78 is 5.01. The molecule has 2 N–H and O–H groups in total. The number of aromatic nitrogens is 1. The lowest BCUT2D eigenvalue weighted by molar-refractivity contribution is 0.0705. The molecule has 6 nitrogen and oxygen atoms in total. The van der Waals surface area contributed by atoms with Gasteiger partial charge in [-0.1, -0.05) is 0 Å². The van der Waals surface area contributed by atoms with Crippen LogP contribution in [0.5, 0.6) is 0 Å². The fourth-order valence-corrected chi connectivity index (χ4v) is 2.99. The Labute approximate surface area is 126 Å². The molecule has 0 spiro atoms. The lowest BCUT2D eigenvalue weighted by Crippen LogP contribution is -2.34.